The van der Waals surface area contributed by atoms with Gasteiger partial charge in [0.1, 0.15) is 13.1 Å². The van der Waals surface area contributed by atoms with Crippen molar-refractivity contribution in [1.82, 2.24) is 4.31 Å². The van der Waals surface area contributed by atoms with Gasteiger partial charge >= 0.3 is 5.97 Å². The quantitative estimate of drug-likeness (QED) is 0.584. The highest BCUT2D eigenvalue weighted by Crippen LogP contribution is 2.09. The van der Waals surface area contributed by atoms with E-state index in [2.05, 4.69) is 4.74 Å². The average Bonchev–Trinajstić information content (AvgIpc) is 2.46. The Morgan fingerprint density at radius 1 is 1.38 bits per heavy atom. The number of nitrogens with zero attached hydrogens (tertiary/aromatic N) is 2. The van der Waals surface area contributed by atoms with E-state index in [1.54, 1.807) is 18.2 Å². The van der Waals surface area contributed by atoms with Gasteiger partial charge in [0.2, 0.25) is 10.0 Å². The number of benzene rings is 1. The summed E-state index contributed by atoms with van der Waals surface area (Å²) >= 11 is 0. The molecule has 0 spiro atoms. The second-order valence-corrected chi connectivity index (χ2v) is 6.08. The fourth-order valence-corrected chi connectivity index (χ4v) is 2.48. The monoisotopic (exact) mass is 308 g/mol. The third kappa shape index (κ3) is 5.38. The minimum absolute atomic E-state index is 0.421. The summed E-state index contributed by atoms with van der Waals surface area (Å²) in [5, 5.41) is 9.64. The molecule has 0 radical (unpaired) electrons. The van der Waals surface area contributed by atoms with Crippen LogP contribution in [0.15, 0.2) is 29.7 Å². The van der Waals surface area contributed by atoms with Gasteiger partial charge in [0.05, 0.1) is 13.2 Å². The first-order valence-corrected chi connectivity index (χ1v) is 7.58. The van der Waals surface area contributed by atoms with E-state index >= 15 is 0 Å². The molecule has 0 atom stereocenters. The van der Waals surface area contributed by atoms with Gasteiger partial charge in [-0.15, -0.1) is 0 Å². The molecule has 0 aliphatic rings. The number of aryl methyl sites for hydroxylation is 1. The van der Waals surface area contributed by atoms with Crippen molar-refractivity contribution in [2.45, 2.75) is 6.92 Å². The van der Waals surface area contributed by atoms with Crippen molar-refractivity contribution in [1.29, 1.82) is 5.26 Å². The fraction of sp³-hybridized carbons (Fsp3) is 0.286. The van der Waals surface area contributed by atoms with Crippen LogP contribution in [0.5, 0.6) is 0 Å². The van der Waals surface area contributed by atoms with Gasteiger partial charge in [0.15, 0.2) is 0 Å². The lowest BCUT2D eigenvalue weighted by Crippen LogP contribution is -2.35. The molecule has 21 heavy (non-hydrogen) atoms. The van der Waals surface area contributed by atoms with Gasteiger partial charge < -0.3 is 4.74 Å². The Bertz CT molecular complexity index is 657. The van der Waals surface area contributed by atoms with Crippen molar-refractivity contribution in [2.24, 2.45) is 0 Å². The number of carbonyl (C=O) groups is 1. The Hall–Kier alpha value is -2.17. The molecule has 0 fully saturated rings. The van der Waals surface area contributed by atoms with Gasteiger partial charge in [-0.2, -0.15) is 9.57 Å². The number of rotatable bonds is 6. The maximum Gasteiger partial charge on any atom is 0.321 e. The fourth-order valence-electron chi connectivity index (χ4n) is 1.45. The lowest BCUT2D eigenvalue weighted by molar-refractivity contribution is -0.140. The summed E-state index contributed by atoms with van der Waals surface area (Å²) in [6.07, 6.45) is 1.41. The third-order valence-corrected chi connectivity index (χ3v) is 4.11. The van der Waals surface area contributed by atoms with E-state index in [1.165, 1.54) is 6.08 Å². The highest BCUT2D eigenvalue weighted by Gasteiger charge is 2.22. The number of hydrogen-bond donors (Lipinski definition) is 0. The summed E-state index contributed by atoms with van der Waals surface area (Å²) in [4.78, 5) is 11.2. The number of carbonyl (C=O) groups excluding carboxylic acids is 1. The van der Waals surface area contributed by atoms with E-state index < -0.39 is 29.1 Å². The second kappa shape index (κ2) is 7.57. The van der Waals surface area contributed by atoms with Crippen LogP contribution in [0.3, 0.4) is 0 Å². The summed E-state index contributed by atoms with van der Waals surface area (Å²) in [6.45, 7) is 1.01. The minimum atomic E-state index is -3.87. The van der Waals surface area contributed by atoms with Crippen LogP contribution >= 0.6 is 0 Å². The van der Waals surface area contributed by atoms with Crippen LogP contribution in [0.2, 0.25) is 0 Å². The van der Waals surface area contributed by atoms with E-state index in [1.807, 2.05) is 19.1 Å². The summed E-state index contributed by atoms with van der Waals surface area (Å²) in [6, 6.07) is 8.97. The second-order valence-electron chi connectivity index (χ2n) is 4.26. The minimum Gasteiger partial charge on any atom is -0.468 e. The molecule has 7 heteroatoms. The maximum atomic E-state index is 12.1. The Labute approximate surface area is 124 Å². The SMILES string of the molecule is COC(=O)CN(CC#N)S(=O)(=O)/C=C/c1ccc(C)cc1. The van der Waals surface area contributed by atoms with Crippen molar-refractivity contribution in [3.05, 3.63) is 40.8 Å². The summed E-state index contributed by atoms with van der Waals surface area (Å²) in [5.74, 6) is -0.724. The van der Waals surface area contributed by atoms with E-state index in [0.29, 0.717) is 5.56 Å². The van der Waals surface area contributed by atoms with Gasteiger partial charge in [0.25, 0.3) is 0 Å². The molecule has 1 rings (SSSR count). The highest BCUT2D eigenvalue weighted by atomic mass is 32.2. The molecule has 0 heterocycles. The maximum absolute atomic E-state index is 12.1. The normalized spacial score (nSPS) is 11.5. The van der Waals surface area contributed by atoms with Crippen LogP contribution in [0.25, 0.3) is 6.08 Å². The molecule has 1 aromatic rings. The molecule has 0 saturated heterocycles. The van der Waals surface area contributed by atoms with Gasteiger partial charge in [-0.1, -0.05) is 29.8 Å². The van der Waals surface area contributed by atoms with Crippen LogP contribution in [-0.4, -0.2) is 38.9 Å². The summed E-state index contributed by atoms with van der Waals surface area (Å²) < 4.78 is 29.4. The van der Waals surface area contributed by atoms with E-state index in [9.17, 15) is 13.2 Å². The molecule has 0 amide bonds. The van der Waals surface area contributed by atoms with Gasteiger partial charge in [-0.25, -0.2) is 8.42 Å². The number of methoxy groups -OCH3 is 1. The molecule has 6 nitrogen and oxygen atoms in total. The lowest BCUT2D eigenvalue weighted by Gasteiger charge is -2.15. The van der Waals surface area contributed by atoms with Crippen LogP contribution < -0.4 is 0 Å². The summed E-state index contributed by atoms with van der Waals surface area (Å²) in [5.41, 5.74) is 1.77. The average molecular weight is 308 g/mol. The molecule has 112 valence electrons. The first-order chi connectivity index (χ1) is 9.89. The predicted molar refractivity (Wildman–Crippen MR) is 78.3 cm³/mol. The molecule has 0 aromatic heterocycles. The first-order valence-electron chi connectivity index (χ1n) is 6.07. The largest absolute Gasteiger partial charge is 0.468 e. The standard InChI is InChI=1S/C14H16N2O4S/c1-12-3-5-13(6-4-12)7-10-21(18,19)16(9-8-15)11-14(17)20-2/h3-7,10H,9,11H2,1-2H3/b10-7+. The Morgan fingerprint density at radius 3 is 2.52 bits per heavy atom. The molecule has 0 bridgehead atoms. The topological polar surface area (TPSA) is 87.5 Å². The predicted octanol–water partition coefficient (Wildman–Crippen LogP) is 1.29. The van der Waals surface area contributed by atoms with E-state index in [0.717, 1.165) is 22.4 Å². The van der Waals surface area contributed by atoms with Crippen molar-refractivity contribution in [3.63, 3.8) is 0 Å². The molecule has 0 saturated carbocycles. The van der Waals surface area contributed by atoms with Crippen molar-refractivity contribution < 1.29 is 17.9 Å². The molecular weight excluding hydrogens is 292 g/mol. The van der Waals surface area contributed by atoms with Gasteiger partial charge in [-0.05, 0) is 18.6 Å². The summed E-state index contributed by atoms with van der Waals surface area (Å²) in [7, 11) is -2.71. The molecule has 0 N–H and O–H groups in total. The number of esters is 1. The zero-order valence-corrected chi connectivity index (χ0v) is 12.6. The van der Waals surface area contributed by atoms with E-state index in [-0.39, 0.29) is 0 Å². The van der Waals surface area contributed by atoms with Crippen LogP contribution in [0.1, 0.15) is 11.1 Å². The third-order valence-electron chi connectivity index (χ3n) is 2.65. The Kier molecular flexibility index (Phi) is 6.09. The van der Waals surface area contributed by atoms with Gasteiger partial charge in [-0.3, -0.25) is 4.79 Å². The van der Waals surface area contributed by atoms with Gasteiger partial charge in [0, 0.05) is 5.41 Å². The van der Waals surface area contributed by atoms with Crippen molar-refractivity contribution >= 4 is 22.1 Å². The number of ether oxygens (including phenoxy) is 1. The molecule has 1 aromatic carbocycles. The van der Waals surface area contributed by atoms with Crippen molar-refractivity contribution in [3.8, 4) is 6.07 Å². The highest BCUT2D eigenvalue weighted by molar-refractivity contribution is 7.92. The molecule has 0 aliphatic carbocycles. The van der Waals surface area contributed by atoms with Crippen LogP contribution in [-0.2, 0) is 19.6 Å². The van der Waals surface area contributed by atoms with Crippen LogP contribution in [0.4, 0.5) is 0 Å². The van der Waals surface area contributed by atoms with E-state index in [4.69, 9.17) is 5.26 Å². The smallest absolute Gasteiger partial charge is 0.321 e. The zero-order valence-electron chi connectivity index (χ0n) is 11.8. The molecular formula is C14H16N2O4S. The Balaban J connectivity index is 2.93. The van der Waals surface area contributed by atoms with Crippen molar-refractivity contribution in [2.75, 3.05) is 20.2 Å². The zero-order chi connectivity index (χ0) is 15.9. The number of sulfonamides is 1. The first kappa shape index (κ1) is 16.9. The number of nitriles is 1. The lowest BCUT2D eigenvalue weighted by atomic mass is 10.2. The molecule has 0 aliphatic heterocycles. The van der Waals surface area contributed by atoms with Crippen LogP contribution in [0, 0.1) is 18.3 Å². The number of hydrogen-bond acceptors (Lipinski definition) is 5. The molecule has 0 unspecified atom stereocenters. The Morgan fingerprint density at radius 2 is 2.00 bits per heavy atom.